The summed E-state index contributed by atoms with van der Waals surface area (Å²) in [5.41, 5.74) is 5.44. The molecule has 0 aromatic rings. The van der Waals surface area contributed by atoms with Crippen LogP contribution in [0.3, 0.4) is 0 Å². The van der Waals surface area contributed by atoms with E-state index >= 15 is 0 Å². The third-order valence-corrected chi connectivity index (χ3v) is 3.86. The Labute approximate surface area is 96.0 Å². The molecule has 1 atom stereocenters. The summed E-state index contributed by atoms with van der Waals surface area (Å²) in [6.07, 6.45) is 1.95. The first-order valence-corrected chi connectivity index (χ1v) is 8.77. The first-order chi connectivity index (χ1) is 7.01. The molecule has 2 N–H and O–H groups in total. The molecule has 0 radical (unpaired) electrons. The third-order valence-electron chi connectivity index (χ3n) is 1.93. The van der Waals surface area contributed by atoms with Crippen LogP contribution in [0.4, 0.5) is 0 Å². The number of Topliss-reactive ketones (excluding diaryl/α,β-unsaturated/α-hetero) is 1. The smallest absolute Gasteiger partial charge is 0.150 e. The highest BCUT2D eigenvalue weighted by molar-refractivity contribution is 7.90. The molecule has 96 valence electrons. The van der Waals surface area contributed by atoms with E-state index in [0.717, 1.165) is 12.5 Å². The standard InChI is InChI=1S/C8H17NO5S2/c1-15(11,12)5-3-7(9)8(10)4-6-16(2,13)14/h7H,3-6,9H2,1-2H3. The van der Waals surface area contributed by atoms with Crippen molar-refractivity contribution >= 4 is 25.5 Å². The monoisotopic (exact) mass is 271 g/mol. The summed E-state index contributed by atoms with van der Waals surface area (Å²) in [6, 6.07) is -0.906. The second kappa shape index (κ2) is 5.74. The van der Waals surface area contributed by atoms with E-state index in [9.17, 15) is 21.6 Å². The Kier molecular flexibility index (Phi) is 5.57. The van der Waals surface area contributed by atoms with E-state index < -0.39 is 31.5 Å². The van der Waals surface area contributed by atoms with Crippen LogP contribution >= 0.6 is 0 Å². The van der Waals surface area contributed by atoms with Gasteiger partial charge < -0.3 is 5.73 Å². The van der Waals surface area contributed by atoms with Crippen molar-refractivity contribution < 1.29 is 21.6 Å². The van der Waals surface area contributed by atoms with E-state index in [1.54, 1.807) is 0 Å². The van der Waals surface area contributed by atoms with E-state index in [1.807, 2.05) is 0 Å². The highest BCUT2D eigenvalue weighted by Crippen LogP contribution is 2.00. The Morgan fingerprint density at radius 2 is 1.50 bits per heavy atom. The van der Waals surface area contributed by atoms with Crippen LogP contribution in [-0.2, 0) is 24.5 Å². The minimum atomic E-state index is -3.19. The minimum absolute atomic E-state index is 0.0292. The lowest BCUT2D eigenvalue weighted by molar-refractivity contribution is -0.119. The molecule has 16 heavy (non-hydrogen) atoms. The van der Waals surface area contributed by atoms with Crippen molar-refractivity contribution in [3.63, 3.8) is 0 Å². The number of carbonyl (C=O) groups is 1. The molecular weight excluding hydrogens is 254 g/mol. The second-order valence-electron chi connectivity index (χ2n) is 3.87. The van der Waals surface area contributed by atoms with Gasteiger partial charge in [-0.25, -0.2) is 16.8 Å². The first kappa shape index (κ1) is 15.5. The maximum atomic E-state index is 11.3. The molecule has 8 heteroatoms. The van der Waals surface area contributed by atoms with Crippen LogP contribution < -0.4 is 5.73 Å². The summed E-state index contributed by atoms with van der Waals surface area (Å²) in [6.45, 7) is 0. The van der Waals surface area contributed by atoms with Crippen molar-refractivity contribution in [1.29, 1.82) is 0 Å². The van der Waals surface area contributed by atoms with Crippen LogP contribution in [0.1, 0.15) is 12.8 Å². The number of hydrogen-bond acceptors (Lipinski definition) is 6. The normalized spacial score (nSPS) is 14.7. The summed E-state index contributed by atoms with van der Waals surface area (Å²) < 4.78 is 43.2. The van der Waals surface area contributed by atoms with Crippen molar-refractivity contribution in [1.82, 2.24) is 0 Å². The molecule has 0 spiro atoms. The molecule has 1 unspecified atom stereocenters. The molecular formula is C8H17NO5S2. The maximum Gasteiger partial charge on any atom is 0.150 e. The van der Waals surface area contributed by atoms with Crippen LogP contribution in [0.15, 0.2) is 0 Å². The summed E-state index contributed by atoms with van der Waals surface area (Å²) >= 11 is 0. The van der Waals surface area contributed by atoms with Crippen molar-refractivity contribution in [3.8, 4) is 0 Å². The Hall–Kier alpha value is -0.470. The molecule has 0 saturated heterocycles. The van der Waals surface area contributed by atoms with E-state index in [0.29, 0.717) is 0 Å². The SMILES string of the molecule is CS(=O)(=O)CCC(=O)C(N)CCS(C)(=O)=O. The lowest BCUT2D eigenvalue weighted by Crippen LogP contribution is -2.33. The lowest BCUT2D eigenvalue weighted by Gasteiger charge is -2.08. The Balaban J connectivity index is 4.11. The van der Waals surface area contributed by atoms with E-state index in [2.05, 4.69) is 0 Å². The number of carbonyl (C=O) groups excluding carboxylic acids is 1. The summed E-state index contributed by atoms with van der Waals surface area (Å²) in [7, 11) is -6.34. The van der Waals surface area contributed by atoms with Crippen molar-refractivity contribution in [2.75, 3.05) is 24.0 Å². The van der Waals surface area contributed by atoms with Gasteiger partial charge in [0.2, 0.25) is 0 Å². The fraction of sp³-hybridized carbons (Fsp3) is 0.875. The Bertz CT molecular complexity index is 437. The zero-order valence-electron chi connectivity index (χ0n) is 9.34. The molecule has 0 heterocycles. The van der Waals surface area contributed by atoms with E-state index in [4.69, 9.17) is 5.73 Å². The highest BCUT2D eigenvalue weighted by atomic mass is 32.2. The van der Waals surface area contributed by atoms with Gasteiger partial charge in [0.05, 0.1) is 17.5 Å². The summed E-state index contributed by atoms with van der Waals surface area (Å²) in [5, 5.41) is 0. The lowest BCUT2D eigenvalue weighted by atomic mass is 10.1. The van der Waals surface area contributed by atoms with Crippen molar-refractivity contribution in [3.05, 3.63) is 0 Å². The van der Waals surface area contributed by atoms with Crippen molar-refractivity contribution in [2.24, 2.45) is 5.73 Å². The van der Waals surface area contributed by atoms with Crippen molar-refractivity contribution in [2.45, 2.75) is 18.9 Å². The van der Waals surface area contributed by atoms with Crippen LogP contribution in [0.2, 0.25) is 0 Å². The zero-order valence-corrected chi connectivity index (χ0v) is 11.0. The maximum absolute atomic E-state index is 11.3. The fourth-order valence-electron chi connectivity index (χ4n) is 0.973. The highest BCUT2D eigenvalue weighted by Gasteiger charge is 2.17. The minimum Gasteiger partial charge on any atom is -0.321 e. The molecule has 0 aliphatic heterocycles. The largest absolute Gasteiger partial charge is 0.321 e. The van der Waals surface area contributed by atoms with Gasteiger partial charge in [0.25, 0.3) is 0 Å². The number of ketones is 1. The zero-order chi connectivity index (χ0) is 13.0. The molecule has 6 nitrogen and oxygen atoms in total. The Morgan fingerprint density at radius 1 is 1.06 bits per heavy atom. The quantitative estimate of drug-likeness (QED) is 0.619. The Morgan fingerprint density at radius 3 is 1.88 bits per heavy atom. The van der Waals surface area contributed by atoms with Gasteiger partial charge in [-0.2, -0.15) is 0 Å². The predicted molar refractivity (Wildman–Crippen MR) is 61.6 cm³/mol. The van der Waals surface area contributed by atoms with E-state index in [1.165, 1.54) is 0 Å². The first-order valence-electron chi connectivity index (χ1n) is 4.65. The van der Waals surface area contributed by atoms with Gasteiger partial charge in [-0.3, -0.25) is 4.79 Å². The van der Waals surface area contributed by atoms with Gasteiger partial charge in [-0.15, -0.1) is 0 Å². The second-order valence-corrected chi connectivity index (χ2v) is 8.39. The van der Waals surface area contributed by atoms with Gasteiger partial charge in [-0.1, -0.05) is 0 Å². The van der Waals surface area contributed by atoms with Crippen LogP contribution in [-0.4, -0.2) is 52.7 Å². The summed E-state index contributed by atoms with van der Waals surface area (Å²) in [4.78, 5) is 11.3. The number of nitrogens with two attached hydrogens (primary N) is 1. The fourth-order valence-corrected chi connectivity index (χ4v) is 2.23. The molecule has 0 aliphatic rings. The van der Waals surface area contributed by atoms with Gasteiger partial charge in [0, 0.05) is 18.9 Å². The van der Waals surface area contributed by atoms with Gasteiger partial charge in [0.15, 0.2) is 5.78 Å². The number of sulfone groups is 2. The molecule has 0 rings (SSSR count). The number of rotatable bonds is 7. The molecule has 0 amide bonds. The average Bonchev–Trinajstić information content (AvgIpc) is 2.07. The molecule has 0 fully saturated rings. The molecule has 0 saturated carbocycles. The average molecular weight is 271 g/mol. The van der Waals surface area contributed by atoms with Gasteiger partial charge >= 0.3 is 0 Å². The third kappa shape index (κ3) is 8.81. The molecule has 0 aromatic heterocycles. The summed E-state index contributed by atoms with van der Waals surface area (Å²) in [5.74, 6) is -0.842. The number of hydrogen-bond donors (Lipinski definition) is 1. The van der Waals surface area contributed by atoms with E-state index in [-0.39, 0.29) is 24.3 Å². The molecule has 0 aliphatic carbocycles. The van der Waals surface area contributed by atoms with Gasteiger partial charge in [-0.05, 0) is 6.42 Å². The topological polar surface area (TPSA) is 111 Å². The molecule has 0 aromatic carbocycles. The van der Waals surface area contributed by atoms with Crippen LogP contribution in [0, 0.1) is 0 Å². The predicted octanol–water partition coefficient (Wildman–Crippen LogP) is -1.25. The molecule has 0 bridgehead atoms. The van der Waals surface area contributed by atoms with Gasteiger partial charge in [0.1, 0.15) is 19.7 Å². The van der Waals surface area contributed by atoms with Crippen LogP contribution in [0.25, 0.3) is 0 Å². The van der Waals surface area contributed by atoms with Crippen LogP contribution in [0.5, 0.6) is 0 Å².